The first-order valence-electron chi connectivity index (χ1n) is 15.2. The number of hydrogen-bond acceptors (Lipinski definition) is 10. The minimum absolute atomic E-state index is 0.0451. The van der Waals surface area contributed by atoms with Crippen molar-refractivity contribution in [2.45, 2.75) is 52.2 Å². The summed E-state index contributed by atoms with van der Waals surface area (Å²) in [5.74, 6) is 0.185. The van der Waals surface area contributed by atoms with E-state index in [0.29, 0.717) is 73.5 Å². The molecule has 0 saturated carbocycles. The summed E-state index contributed by atoms with van der Waals surface area (Å²) in [4.78, 5) is 47.7. The summed E-state index contributed by atoms with van der Waals surface area (Å²) in [7, 11) is 2.94. The summed E-state index contributed by atoms with van der Waals surface area (Å²) in [5.41, 5.74) is 3.59. The van der Waals surface area contributed by atoms with Crippen LogP contribution in [0.2, 0.25) is 0 Å². The van der Waals surface area contributed by atoms with E-state index in [1.165, 1.54) is 18.9 Å². The van der Waals surface area contributed by atoms with Gasteiger partial charge >= 0.3 is 11.9 Å². The summed E-state index contributed by atoms with van der Waals surface area (Å²) in [6.07, 6.45) is 1.80. The molecule has 10 nitrogen and oxygen atoms in total. The number of rotatable bonds is 11. The van der Waals surface area contributed by atoms with E-state index in [0.717, 1.165) is 16.8 Å². The molecule has 2 aromatic rings. The molecule has 0 radical (unpaired) electrons. The molecule has 0 spiro atoms. The van der Waals surface area contributed by atoms with Crippen molar-refractivity contribution >= 4 is 34.8 Å². The Morgan fingerprint density at radius 1 is 1.00 bits per heavy atom. The molecule has 3 heterocycles. The fourth-order valence-corrected chi connectivity index (χ4v) is 6.77. The molecule has 11 heteroatoms. The van der Waals surface area contributed by atoms with Gasteiger partial charge in [-0.25, -0.2) is 9.79 Å². The Morgan fingerprint density at radius 3 is 2.42 bits per heavy atom. The lowest BCUT2D eigenvalue weighted by Gasteiger charge is -2.37. The summed E-state index contributed by atoms with van der Waals surface area (Å²) in [5, 5.41) is 2.62. The van der Waals surface area contributed by atoms with Crippen molar-refractivity contribution in [3.63, 3.8) is 0 Å². The Hall–Kier alpha value is -4.25. The smallest absolute Gasteiger partial charge is 0.338 e. The molecule has 2 aromatic carbocycles. The number of thioether (sulfide) groups is 1. The van der Waals surface area contributed by atoms with E-state index in [4.69, 9.17) is 23.9 Å². The molecule has 0 aliphatic carbocycles. The molecule has 5 rings (SSSR count). The molecule has 1 atom stereocenters. The Morgan fingerprint density at radius 2 is 1.76 bits per heavy atom. The van der Waals surface area contributed by atoms with Crippen molar-refractivity contribution in [1.82, 2.24) is 9.80 Å². The number of carbonyl (C=O) groups excluding carboxylic acids is 3. The molecule has 1 amide bonds. The second-order valence-corrected chi connectivity index (χ2v) is 11.7. The Balaban J connectivity index is 1.41. The van der Waals surface area contributed by atoms with Crippen molar-refractivity contribution in [2.24, 2.45) is 10.9 Å². The number of benzene rings is 2. The summed E-state index contributed by atoms with van der Waals surface area (Å²) < 4.78 is 22.3. The number of amides is 1. The minimum Gasteiger partial charge on any atom is -0.493 e. The Bertz CT molecular complexity index is 1510. The van der Waals surface area contributed by atoms with Crippen LogP contribution in [0.25, 0.3) is 0 Å². The van der Waals surface area contributed by atoms with Crippen LogP contribution in [0.15, 0.2) is 75.9 Å². The van der Waals surface area contributed by atoms with Gasteiger partial charge < -0.3 is 28.7 Å². The van der Waals surface area contributed by atoms with Gasteiger partial charge in [0.15, 0.2) is 16.7 Å². The predicted octanol–water partition coefficient (Wildman–Crippen LogP) is 5.60. The van der Waals surface area contributed by atoms with Crippen LogP contribution >= 0.6 is 11.8 Å². The first-order valence-corrected chi connectivity index (χ1v) is 16.1. The third-order valence-electron chi connectivity index (χ3n) is 8.17. The van der Waals surface area contributed by atoms with Crippen LogP contribution in [0.1, 0.15) is 56.7 Å². The van der Waals surface area contributed by atoms with Gasteiger partial charge in [0.1, 0.15) is 6.61 Å². The second kappa shape index (κ2) is 14.7. The number of amidine groups is 1. The van der Waals surface area contributed by atoms with Crippen molar-refractivity contribution < 1.29 is 33.3 Å². The number of esters is 2. The van der Waals surface area contributed by atoms with Crippen molar-refractivity contribution in [3.05, 3.63) is 82.0 Å². The van der Waals surface area contributed by atoms with Crippen molar-refractivity contribution in [2.75, 3.05) is 33.9 Å². The van der Waals surface area contributed by atoms with Crippen LogP contribution in [0.3, 0.4) is 0 Å². The van der Waals surface area contributed by atoms with Gasteiger partial charge in [0.05, 0.1) is 50.5 Å². The van der Waals surface area contributed by atoms with Gasteiger partial charge in [-0.3, -0.25) is 9.59 Å². The Kier molecular flexibility index (Phi) is 10.5. The first-order chi connectivity index (χ1) is 21.9. The number of ether oxygens (including phenoxy) is 4. The zero-order valence-corrected chi connectivity index (χ0v) is 26.9. The van der Waals surface area contributed by atoms with Crippen LogP contribution in [0.5, 0.6) is 11.5 Å². The molecular weight excluding hydrogens is 594 g/mol. The molecule has 0 aromatic heterocycles. The molecule has 238 valence electrons. The topological polar surface area (TPSA) is 107 Å². The fourth-order valence-electron chi connectivity index (χ4n) is 5.83. The SMILES string of the molecule is CCOC(=O)C1CCN(C(=O)CC2=CSC3=NC(CC)=C(C(=O)OC)C(c4ccc(OCc5ccccc5)c(OC)c4)N23)CC1. The van der Waals surface area contributed by atoms with Crippen molar-refractivity contribution in [1.29, 1.82) is 0 Å². The zero-order valence-electron chi connectivity index (χ0n) is 26.1. The zero-order chi connectivity index (χ0) is 31.9. The summed E-state index contributed by atoms with van der Waals surface area (Å²) in [6.45, 7) is 5.45. The highest BCUT2D eigenvalue weighted by atomic mass is 32.2. The van der Waals surface area contributed by atoms with Crippen molar-refractivity contribution in [3.8, 4) is 11.5 Å². The lowest BCUT2D eigenvalue weighted by molar-refractivity contribution is -0.151. The van der Waals surface area contributed by atoms with E-state index >= 15 is 0 Å². The number of aliphatic imine (C=N–C) groups is 1. The molecule has 1 unspecified atom stereocenters. The second-order valence-electron chi connectivity index (χ2n) is 10.9. The quantitative estimate of drug-likeness (QED) is 0.292. The third-order valence-corrected chi connectivity index (χ3v) is 9.06. The summed E-state index contributed by atoms with van der Waals surface area (Å²) in [6, 6.07) is 14.9. The normalized spacial score (nSPS) is 18.2. The molecule has 0 bridgehead atoms. The number of fused-ring (bicyclic) bond motifs is 1. The van der Waals surface area contributed by atoms with E-state index < -0.39 is 12.0 Å². The first kappa shape index (κ1) is 32.2. The summed E-state index contributed by atoms with van der Waals surface area (Å²) >= 11 is 1.43. The predicted molar refractivity (Wildman–Crippen MR) is 171 cm³/mol. The number of hydrogen-bond donors (Lipinski definition) is 0. The fraction of sp³-hybridized carbons (Fsp3) is 0.412. The highest BCUT2D eigenvalue weighted by molar-refractivity contribution is 8.16. The standard InChI is InChI=1S/C34H39N3O7S/c1-5-26-30(33(40)42-4)31(24-12-13-27(28(18-24)41-3)44-20-22-10-8-7-9-11-22)37-25(21-45-34(37)35-26)19-29(38)36-16-14-23(15-17-36)32(39)43-6-2/h7-13,18,21,23,31H,5-6,14-17,19-20H2,1-4H3. The van der Waals surface area contributed by atoms with Gasteiger partial charge in [0.25, 0.3) is 0 Å². The molecule has 3 aliphatic heterocycles. The number of carbonyl (C=O) groups is 3. The van der Waals surface area contributed by atoms with Gasteiger partial charge in [-0.15, -0.1) is 0 Å². The molecule has 0 N–H and O–H groups in total. The largest absolute Gasteiger partial charge is 0.493 e. The van der Waals surface area contributed by atoms with Crippen LogP contribution in [0, 0.1) is 5.92 Å². The highest BCUT2D eigenvalue weighted by Crippen LogP contribution is 2.47. The third kappa shape index (κ3) is 7.03. The van der Waals surface area contributed by atoms with Crippen LogP contribution in [0.4, 0.5) is 0 Å². The maximum absolute atomic E-state index is 13.6. The lowest BCUT2D eigenvalue weighted by atomic mass is 9.92. The van der Waals surface area contributed by atoms with Crippen LogP contribution < -0.4 is 9.47 Å². The lowest BCUT2D eigenvalue weighted by Crippen LogP contribution is -2.42. The van der Waals surface area contributed by atoms with E-state index in [-0.39, 0.29) is 24.2 Å². The van der Waals surface area contributed by atoms with Gasteiger partial charge in [0, 0.05) is 18.8 Å². The number of methoxy groups -OCH3 is 2. The number of piperidine rings is 1. The number of likely N-dealkylation sites (tertiary alicyclic amines) is 1. The van der Waals surface area contributed by atoms with Gasteiger partial charge in [-0.05, 0) is 54.9 Å². The molecule has 1 fully saturated rings. The van der Waals surface area contributed by atoms with Gasteiger partial charge in [0.2, 0.25) is 5.91 Å². The van der Waals surface area contributed by atoms with E-state index in [2.05, 4.69) is 0 Å². The van der Waals surface area contributed by atoms with E-state index in [1.54, 1.807) is 18.9 Å². The highest BCUT2D eigenvalue weighted by Gasteiger charge is 2.42. The average Bonchev–Trinajstić information content (AvgIpc) is 3.48. The molecular formula is C34H39N3O7S. The molecule has 3 aliphatic rings. The van der Waals surface area contributed by atoms with E-state index in [1.807, 2.05) is 65.8 Å². The number of nitrogens with zero attached hydrogens (tertiary/aromatic N) is 3. The monoisotopic (exact) mass is 633 g/mol. The van der Waals surface area contributed by atoms with Crippen LogP contribution in [-0.2, 0) is 30.5 Å². The maximum atomic E-state index is 13.6. The minimum atomic E-state index is -0.597. The van der Waals surface area contributed by atoms with Gasteiger partial charge in [-0.2, -0.15) is 0 Å². The molecule has 1 saturated heterocycles. The number of allylic oxidation sites excluding steroid dienone is 1. The maximum Gasteiger partial charge on any atom is 0.338 e. The van der Waals surface area contributed by atoms with E-state index in [9.17, 15) is 14.4 Å². The average molecular weight is 634 g/mol. The molecule has 45 heavy (non-hydrogen) atoms. The van der Waals surface area contributed by atoms with Crippen LogP contribution in [-0.4, -0.2) is 66.7 Å². The Labute approximate surface area is 268 Å². The van der Waals surface area contributed by atoms with Gasteiger partial charge in [-0.1, -0.05) is 55.1 Å².